The van der Waals surface area contributed by atoms with Crippen molar-refractivity contribution >= 4 is 23.0 Å². The summed E-state index contributed by atoms with van der Waals surface area (Å²) in [7, 11) is 0. The molecule has 0 saturated heterocycles. The maximum atomic E-state index is 12.2. The van der Waals surface area contributed by atoms with Gasteiger partial charge >= 0.3 is 12.1 Å². The third-order valence-corrected chi connectivity index (χ3v) is 5.01. The number of benzene rings is 3. The van der Waals surface area contributed by atoms with Gasteiger partial charge in [0, 0.05) is 23.0 Å². The first-order valence-corrected chi connectivity index (χ1v) is 9.95. The van der Waals surface area contributed by atoms with Crippen molar-refractivity contribution < 1.29 is 19.4 Å². The van der Waals surface area contributed by atoms with Crippen molar-refractivity contribution in [2.45, 2.75) is 19.1 Å². The normalized spacial score (nSPS) is 11.7. The number of aromatic amines is 1. The smallest absolute Gasteiger partial charge is 0.408 e. The van der Waals surface area contributed by atoms with E-state index in [4.69, 9.17) is 4.74 Å². The van der Waals surface area contributed by atoms with E-state index in [9.17, 15) is 14.7 Å². The fourth-order valence-corrected chi connectivity index (χ4v) is 3.43. The number of H-pyrrole nitrogens is 1. The van der Waals surface area contributed by atoms with E-state index < -0.39 is 18.1 Å². The zero-order valence-corrected chi connectivity index (χ0v) is 16.7. The van der Waals surface area contributed by atoms with Crippen LogP contribution >= 0.6 is 0 Å². The van der Waals surface area contributed by atoms with Gasteiger partial charge in [-0.2, -0.15) is 0 Å². The van der Waals surface area contributed by atoms with Gasteiger partial charge in [-0.05, 0) is 34.9 Å². The van der Waals surface area contributed by atoms with Gasteiger partial charge in [0.2, 0.25) is 0 Å². The lowest BCUT2D eigenvalue weighted by atomic mass is 10.1. The first-order chi connectivity index (χ1) is 15.1. The van der Waals surface area contributed by atoms with Gasteiger partial charge in [0.15, 0.2) is 0 Å². The molecule has 1 heterocycles. The number of fused-ring (bicyclic) bond motifs is 1. The minimum Gasteiger partial charge on any atom is -0.480 e. The summed E-state index contributed by atoms with van der Waals surface area (Å²) in [5.41, 5.74) is 4.73. The number of alkyl carbamates (subject to hydrolysis) is 1. The molecule has 0 fully saturated rings. The molecule has 1 amide bonds. The molecule has 0 aliphatic rings. The second-order valence-corrected chi connectivity index (χ2v) is 7.27. The average molecular weight is 414 g/mol. The molecular formula is C25H22N2O4. The number of carbonyl (C=O) groups is 2. The predicted octanol–water partition coefficient (Wildman–Crippen LogP) is 4.76. The van der Waals surface area contributed by atoms with Crippen LogP contribution in [-0.4, -0.2) is 28.2 Å². The highest BCUT2D eigenvalue weighted by molar-refractivity contribution is 5.86. The van der Waals surface area contributed by atoms with Crippen molar-refractivity contribution in [3.63, 3.8) is 0 Å². The molecule has 6 heteroatoms. The van der Waals surface area contributed by atoms with E-state index in [1.54, 1.807) is 0 Å². The Bertz CT molecular complexity index is 1190. The van der Waals surface area contributed by atoms with Gasteiger partial charge in [-0.15, -0.1) is 0 Å². The van der Waals surface area contributed by atoms with Crippen LogP contribution in [0, 0.1) is 0 Å². The minimum atomic E-state index is -1.11. The number of carbonyl (C=O) groups excluding carboxylic acids is 1. The average Bonchev–Trinajstić information content (AvgIpc) is 3.22. The van der Waals surface area contributed by atoms with Crippen LogP contribution in [0.3, 0.4) is 0 Å². The van der Waals surface area contributed by atoms with E-state index in [1.165, 1.54) is 0 Å². The molecule has 0 aliphatic heterocycles. The Kier molecular flexibility index (Phi) is 5.98. The van der Waals surface area contributed by atoms with E-state index in [0.717, 1.165) is 33.3 Å². The standard InChI is InChI=1S/C25H22N2O4/c28-24(29)23(14-17-7-3-1-4-8-17)27-25(30)31-16-18-11-12-21-20(13-18)15-22(26-21)19-9-5-2-6-10-19/h1-13,15,23,26H,14,16H2,(H,27,30)(H,28,29). The van der Waals surface area contributed by atoms with E-state index >= 15 is 0 Å². The predicted molar refractivity (Wildman–Crippen MR) is 119 cm³/mol. The summed E-state index contributed by atoms with van der Waals surface area (Å²) >= 11 is 0. The van der Waals surface area contributed by atoms with Gasteiger partial charge in [-0.3, -0.25) is 0 Å². The topological polar surface area (TPSA) is 91.4 Å². The van der Waals surface area contributed by atoms with Crippen LogP contribution in [0.5, 0.6) is 0 Å². The maximum absolute atomic E-state index is 12.2. The van der Waals surface area contributed by atoms with Crippen LogP contribution < -0.4 is 5.32 Å². The molecule has 31 heavy (non-hydrogen) atoms. The lowest BCUT2D eigenvalue weighted by molar-refractivity contribution is -0.139. The Hall–Kier alpha value is -4.06. The SMILES string of the molecule is O=C(NC(Cc1ccccc1)C(=O)O)OCc1ccc2[nH]c(-c3ccccc3)cc2c1. The Morgan fingerprint density at radius 1 is 0.903 bits per heavy atom. The Morgan fingerprint density at radius 3 is 2.32 bits per heavy atom. The van der Waals surface area contributed by atoms with Crippen LogP contribution in [0.25, 0.3) is 22.2 Å². The Balaban J connectivity index is 1.38. The Morgan fingerprint density at radius 2 is 1.61 bits per heavy atom. The number of aromatic nitrogens is 1. The third kappa shape index (κ3) is 5.11. The molecule has 0 bridgehead atoms. The first kappa shape index (κ1) is 20.2. The zero-order valence-electron chi connectivity index (χ0n) is 16.7. The van der Waals surface area contributed by atoms with Gasteiger partial charge in [0.05, 0.1) is 0 Å². The highest BCUT2D eigenvalue weighted by Crippen LogP contribution is 2.25. The van der Waals surface area contributed by atoms with Crippen molar-refractivity contribution in [2.24, 2.45) is 0 Å². The molecule has 3 aromatic carbocycles. The van der Waals surface area contributed by atoms with E-state index in [2.05, 4.69) is 16.4 Å². The lowest BCUT2D eigenvalue weighted by Gasteiger charge is -2.14. The molecule has 0 aliphatic carbocycles. The molecule has 1 unspecified atom stereocenters. The summed E-state index contributed by atoms with van der Waals surface area (Å²) in [6.45, 7) is 0.0469. The Labute approximate surface area is 179 Å². The molecule has 0 spiro atoms. The summed E-state index contributed by atoms with van der Waals surface area (Å²) < 4.78 is 5.26. The van der Waals surface area contributed by atoms with Crippen molar-refractivity contribution in [1.82, 2.24) is 10.3 Å². The van der Waals surface area contributed by atoms with E-state index in [1.807, 2.05) is 78.9 Å². The van der Waals surface area contributed by atoms with Gasteiger partial charge < -0.3 is 20.1 Å². The van der Waals surface area contributed by atoms with Gasteiger partial charge in [0.1, 0.15) is 12.6 Å². The molecule has 1 atom stereocenters. The molecule has 6 nitrogen and oxygen atoms in total. The van der Waals surface area contributed by atoms with Gasteiger partial charge in [0.25, 0.3) is 0 Å². The third-order valence-electron chi connectivity index (χ3n) is 5.01. The number of carboxylic acids is 1. The summed E-state index contributed by atoms with van der Waals surface area (Å²) in [5, 5.41) is 12.8. The van der Waals surface area contributed by atoms with Crippen LogP contribution in [0.2, 0.25) is 0 Å². The number of hydrogen-bond donors (Lipinski definition) is 3. The highest BCUT2D eigenvalue weighted by Gasteiger charge is 2.21. The second-order valence-electron chi connectivity index (χ2n) is 7.27. The number of nitrogens with one attached hydrogen (secondary N) is 2. The number of hydrogen-bond acceptors (Lipinski definition) is 3. The van der Waals surface area contributed by atoms with Gasteiger partial charge in [-0.1, -0.05) is 66.7 Å². The van der Waals surface area contributed by atoms with Crippen LogP contribution in [0.1, 0.15) is 11.1 Å². The summed E-state index contributed by atoms with van der Waals surface area (Å²) in [6, 6.07) is 25.9. The fourth-order valence-electron chi connectivity index (χ4n) is 3.43. The summed E-state index contributed by atoms with van der Waals surface area (Å²) in [6.07, 6.45) is -0.578. The number of aliphatic carboxylic acids is 1. The zero-order chi connectivity index (χ0) is 21.6. The molecule has 3 N–H and O–H groups in total. The van der Waals surface area contributed by atoms with E-state index in [-0.39, 0.29) is 13.0 Å². The molecule has 4 rings (SSSR count). The minimum absolute atomic E-state index is 0.0469. The van der Waals surface area contributed by atoms with Gasteiger partial charge in [-0.25, -0.2) is 9.59 Å². The fraction of sp³-hybridized carbons (Fsp3) is 0.120. The quantitative estimate of drug-likeness (QED) is 0.407. The van der Waals surface area contributed by atoms with Crippen LogP contribution in [0.4, 0.5) is 4.79 Å². The molecule has 0 saturated carbocycles. The van der Waals surface area contributed by atoms with Crippen molar-refractivity contribution in [1.29, 1.82) is 0 Å². The van der Waals surface area contributed by atoms with Crippen molar-refractivity contribution in [2.75, 3.05) is 0 Å². The molecule has 0 radical (unpaired) electrons. The largest absolute Gasteiger partial charge is 0.480 e. The van der Waals surface area contributed by atoms with Crippen LogP contribution in [0.15, 0.2) is 84.9 Å². The number of rotatable bonds is 7. The lowest BCUT2D eigenvalue weighted by Crippen LogP contribution is -2.42. The van der Waals surface area contributed by atoms with E-state index in [0.29, 0.717) is 0 Å². The molecule has 1 aromatic heterocycles. The number of ether oxygens (including phenoxy) is 1. The molecular weight excluding hydrogens is 392 g/mol. The highest BCUT2D eigenvalue weighted by atomic mass is 16.5. The summed E-state index contributed by atoms with van der Waals surface area (Å²) in [5.74, 6) is -1.11. The molecule has 4 aromatic rings. The van der Waals surface area contributed by atoms with Crippen LogP contribution in [-0.2, 0) is 22.6 Å². The second kappa shape index (κ2) is 9.17. The van der Waals surface area contributed by atoms with Crippen molar-refractivity contribution in [3.8, 4) is 11.3 Å². The maximum Gasteiger partial charge on any atom is 0.408 e. The van der Waals surface area contributed by atoms with Crippen molar-refractivity contribution in [3.05, 3.63) is 96.1 Å². The molecule has 156 valence electrons. The monoisotopic (exact) mass is 414 g/mol. The summed E-state index contributed by atoms with van der Waals surface area (Å²) in [4.78, 5) is 27.1. The number of carboxylic acid groups (broad SMARTS) is 1. The first-order valence-electron chi connectivity index (χ1n) is 9.95. The number of amides is 1.